The lowest BCUT2D eigenvalue weighted by Gasteiger charge is -2.30. The maximum Gasteiger partial charge on any atom is 0.269 e. The van der Waals surface area contributed by atoms with E-state index in [1.165, 1.54) is 24.3 Å². The number of anilines is 1. The number of nitrogens with one attached hydrogen (secondary N) is 1. The van der Waals surface area contributed by atoms with Crippen LogP contribution in [-0.4, -0.2) is 17.5 Å². The van der Waals surface area contributed by atoms with Crippen LogP contribution >= 0.6 is 0 Å². The van der Waals surface area contributed by atoms with Gasteiger partial charge < -0.3 is 0 Å². The second kappa shape index (κ2) is 5.34. The number of para-hydroxylation sites is 1. The van der Waals surface area contributed by atoms with Crippen molar-refractivity contribution in [2.75, 3.05) is 11.6 Å². The number of fused-ring (bicyclic) bond motifs is 1. The van der Waals surface area contributed by atoms with Crippen LogP contribution in [0.2, 0.25) is 0 Å². The molecule has 6 heteroatoms. The minimum atomic E-state index is -0.480. The molecule has 21 heavy (non-hydrogen) atoms. The first kappa shape index (κ1) is 13.3. The van der Waals surface area contributed by atoms with Crippen LogP contribution in [0.1, 0.15) is 15.9 Å². The number of hydrogen-bond acceptors (Lipinski definition) is 4. The largest absolute Gasteiger partial charge is 0.295 e. The van der Waals surface area contributed by atoms with Crippen molar-refractivity contribution < 1.29 is 9.72 Å². The lowest BCUT2D eigenvalue weighted by molar-refractivity contribution is -0.384. The third kappa shape index (κ3) is 2.48. The molecule has 2 aromatic rings. The summed E-state index contributed by atoms with van der Waals surface area (Å²) in [6.07, 6.45) is 0. The zero-order valence-corrected chi connectivity index (χ0v) is 11.2. The Kier molecular flexibility index (Phi) is 3.37. The number of rotatable bonds is 2. The molecule has 0 radical (unpaired) electrons. The van der Waals surface area contributed by atoms with Gasteiger partial charge in [0.1, 0.15) is 0 Å². The quantitative estimate of drug-likeness (QED) is 0.678. The average molecular weight is 283 g/mol. The SMILES string of the molecule is O=C(c1ccc([N+](=O)[O-])cc1)N1CNCc2ccccc21. The Balaban J connectivity index is 1.91. The maximum absolute atomic E-state index is 12.6. The van der Waals surface area contributed by atoms with Gasteiger partial charge in [-0.05, 0) is 23.8 Å². The summed E-state index contributed by atoms with van der Waals surface area (Å²) in [4.78, 5) is 24.4. The Labute approximate surface area is 121 Å². The van der Waals surface area contributed by atoms with Gasteiger partial charge in [-0.25, -0.2) is 0 Å². The van der Waals surface area contributed by atoms with E-state index in [-0.39, 0.29) is 11.6 Å². The normalized spacial score (nSPS) is 13.6. The first-order valence-electron chi connectivity index (χ1n) is 6.52. The van der Waals surface area contributed by atoms with E-state index in [0.29, 0.717) is 12.2 Å². The average Bonchev–Trinajstić information content (AvgIpc) is 2.53. The number of nitro groups is 1. The molecule has 0 aromatic heterocycles. The smallest absolute Gasteiger partial charge is 0.269 e. The molecule has 1 heterocycles. The molecule has 0 unspecified atom stereocenters. The van der Waals surface area contributed by atoms with Crippen LogP contribution < -0.4 is 10.2 Å². The van der Waals surface area contributed by atoms with Crippen LogP contribution in [0.25, 0.3) is 0 Å². The minimum Gasteiger partial charge on any atom is -0.295 e. The molecule has 0 fully saturated rings. The van der Waals surface area contributed by atoms with Crippen molar-refractivity contribution in [2.24, 2.45) is 0 Å². The van der Waals surface area contributed by atoms with Gasteiger partial charge in [0, 0.05) is 29.9 Å². The molecule has 1 aliphatic rings. The fourth-order valence-electron chi connectivity index (χ4n) is 2.37. The highest BCUT2D eigenvalue weighted by Crippen LogP contribution is 2.25. The Hall–Kier alpha value is -2.73. The number of nitro benzene ring substituents is 1. The third-order valence-electron chi connectivity index (χ3n) is 3.44. The number of carbonyl (C=O) groups excluding carboxylic acids is 1. The van der Waals surface area contributed by atoms with Crippen LogP contribution in [0.4, 0.5) is 11.4 Å². The van der Waals surface area contributed by atoms with Gasteiger partial charge >= 0.3 is 0 Å². The topological polar surface area (TPSA) is 75.5 Å². The van der Waals surface area contributed by atoms with Gasteiger partial charge in [-0.2, -0.15) is 0 Å². The third-order valence-corrected chi connectivity index (χ3v) is 3.44. The standard InChI is InChI=1S/C15H13N3O3/c19-15(11-5-7-13(8-6-11)18(20)21)17-10-16-9-12-3-1-2-4-14(12)17/h1-8,16H,9-10H2. The maximum atomic E-state index is 12.6. The van der Waals surface area contributed by atoms with Gasteiger partial charge in [0.15, 0.2) is 0 Å². The zero-order chi connectivity index (χ0) is 14.8. The molecular formula is C15H13N3O3. The molecule has 2 aromatic carbocycles. The van der Waals surface area contributed by atoms with E-state index in [4.69, 9.17) is 0 Å². The Morgan fingerprint density at radius 2 is 1.86 bits per heavy atom. The summed E-state index contributed by atoms with van der Waals surface area (Å²) in [5.74, 6) is -0.176. The van der Waals surface area contributed by atoms with E-state index in [0.717, 1.165) is 17.8 Å². The predicted molar refractivity (Wildman–Crippen MR) is 78.1 cm³/mol. The molecule has 3 rings (SSSR count). The Morgan fingerprint density at radius 3 is 2.57 bits per heavy atom. The molecule has 0 saturated heterocycles. The molecule has 106 valence electrons. The molecule has 0 spiro atoms. The number of carbonyl (C=O) groups is 1. The number of non-ortho nitro benzene ring substituents is 1. The van der Waals surface area contributed by atoms with Crippen LogP contribution in [0.5, 0.6) is 0 Å². The second-order valence-corrected chi connectivity index (χ2v) is 4.75. The van der Waals surface area contributed by atoms with E-state index in [2.05, 4.69) is 5.32 Å². The number of hydrogen-bond donors (Lipinski definition) is 1. The van der Waals surface area contributed by atoms with E-state index in [9.17, 15) is 14.9 Å². The Morgan fingerprint density at radius 1 is 1.14 bits per heavy atom. The van der Waals surface area contributed by atoms with Crippen molar-refractivity contribution in [1.29, 1.82) is 0 Å². The summed E-state index contributed by atoms with van der Waals surface area (Å²) < 4.78 is 0. The predicted octanol–water partition coefficient (Wildman–Crippen LogP) is 2.30. The number of benzene rings is 2. The zero-order valence-electron chi connectivity index (χ0n) is 11.2. The Bertz CT molecular complexity index is 698. The van der Waals surface area contributed by atoms with Crippen molar-refractivity contribution in [2.45, 2.75) is 6.54 Å². The van der Waals surface area contributed by atoms with Gasteiger partial charge in [-0.3, -0.25) is 25.1 Å². The summed E-state index contributed by atoms with van der Waals surface area (Å²) in [6, 6.07) is 13.3. The number of amides is 1. The molecule has 0 bridgehead atoms. The van der Waals surface area contributed by atoms with Gasteiger partial charge in [0.25, 0.3) is 11.6 Å². The van der Waals surface area contributed by atoms with Crippen LogP contribution in [0.3, 0.4) is 0 Å². The monoisotopic (exact) mass is 283 g/mol. The van der Waals surface area contributed by atoms with Gasteiger partial charge in [0.2, 0.25) is 0 Å². The van der Waals surface area contributed by atoms with Crippen molar-refractivity contribution >= 4 is 17.3 Å². The molecule has 6 nitrogen and oxygen atoms in total. The minimum absolute atomic E-state index is 0.0243. The van der Waals surface area contributed by atoms with Crippen molar-refractivity contribution in [3.63, 3.8) is 0 Å². The van der Waals surface area contributed by atoms with Crippen LogP contribution in [-0.2, 0) is 6.54 Å². The molecule has 1 N–H and O–H groups in total. The molecule has 0 aliphatic carbocycles. The van der Waals surface area contributed by atoms with Gasteiger partial charge in [-0.1, -0.05) is 18.2 Å². The van der Waals surface area contributed by atoms with Crippen LogP contribution in [0, 0.1) is 10.1 Å². The molecule has 1 aliphatic heterocycles. The van der Waals surface area contributed by atoms with Crippen molar-refractivity contribution in [3.8, 4) is 0 Å². The summed E-state index contributed by atoms with van der Waals surface area (Å²) in [6.45, 7) is 1.15. The van der Waals surface area contributed by atoms with Gasteiger partial charge in [0.05, 0.1) is 11.6 Å². The van der Waals surface area contributed by atoms with Crippen molar-refractivity contribution in [1.82, 2.24) is 5.32 Å². The first-order valence-corrected chi connectivity index (χ1v) is 6.52. The summed E-state index contributed by atoms with van der Waals surface area (Å²) >= 11 is 0. The second-order valence-electron chi connectivity index (χ2n) is 4.75. The molecule has 0 atom stereocenters. The van der Waals surface area contributed by atoms with Gasteiger partial charge in [-0.15, -0.1) is 0 Å². The fraction of sp³-hybridized carbons (Fsp3) is 0.133. The first-order chi connectivity index (χ1) is 10.2. The highest BCUT2D eigenvalue weighted by atomic mass is 16.6. The summed E-state index contributed by atoms with van der Waals surface area (Å²) in [7, 11) is 0. The lowest BCUT2D eigenvalue weighted by Crippen LogP contribution is -2.43. The summed E-state index contributed by atoms with van der Waals surface area (Å²) in [5.41, 5.74) is 2.33. The van der Waals surface area contributed by atoms with E-state index >= 15 is 0 Å². The van der Waals surface area contributed by atoms with Crippen LogP contribution in [0.15, 0.2) is 48.5 Å². The molecular weight excluding hydrogens is 270 g/mol. The highest BCUT2D eigenvalue weighted by Gasteiger charge is 2.23. The van der Waals surface area contributed by atoms with E-state index < -0.39 is 4.92 Å². The molecule has 1 amide bonds. The fourth-order valence-corrected chi connectivity index (χ4v) is 2.37. The number of nitrogens with zero attached hydrogens (tertiary/aromatic N) is 2. The van der Waals surface area contributed by atoms with E-state index in [1.54, 1.807) is 4.90 Å². The summed E-state index contributed by atoms with van der Waals surface area (Å²) in [5, 5.41) is 13.8. The molecule has 0 saturated carbocycles. The van der Waals surface area contributed by atoms with E-state index in [1.807, 2.05) is 24.3 Å². The highest BCUT2D eigenvalue weighted by molar-refractivity contribution is 6.06. The van der Waals surface area contributed by atoms with Crippen molar-refractivity contribution in [3.05, 3.63) is 69.8 Å². The lowest BCUT2D eigenvalue weighted by atomic mass is 10.1.